The molecule has 25 heavy (non-hydrogen) atoms. The van der Waals surface area contributed by atoms with Crippen molar-refractivity contribution >= 4 is 17.7 Å². The van der Waals surface area contributed by atoms with Gasteiger partial charge in [-0.2, -0.15) is 5.10 Å². The van der Waals surface area contributed by atoms with Crippen molar-refractivity contribution in [2.24, 2.45) is 0 Å². The molecule has 0 atom stereocenters. The molecular formula is C18H17FN4OS. The van der Waals surface area contributed by atoms with Gasteiger partial charge < -0.3 is 5.32 Å². The van der Waals surface area contributed by atoms with Crippen LogP contribution >= 0.6 is 11.8 Å². The molecular weight excluding hydrogens is 339 g/mol. The van der Waals surface area contributed by atoms with Crippen LogP contribution in [0.1, 0.15) is 0 Å². The van der Waals surface area contributed by atoms with Gasteiger partial charge in [-0.15, -0.1) is 11.8 Å². The summed E-state index contributed by atoms with van der Waals surface area (Å²) in [6.07, 6.45) is 3.59. The van der Waals surface area contributed by atoms with E-state index in [9.17, 15) is 9.18 Å². The lowest BCUT2D eigenvalue weighted by atomic mass is 10.3. The molecule has 1 aromatic carbocycles. The van der Waals surface area contributed by atoms with Crippen molar-refractivity contribution < 1.29 is 9.18 Å². The molecule has 0 aliphatic heterocycles. The average Bonchev–Trinajstić information content (AvgIpc) is 3.11. The highest BCUT2D eigenvalue weighted by atomic mass is 32.2. The number of hydrogen-bond acceptors (Lipinski definition) is 4. The Kier molecular flexibility index (Phi) is 5.79. The number of pyridine rings is 1. The van der Waals surface area contributed by atoms with E-state index in [2.05, 4.69) is 15.4 Å². The lowest BCUT2D eigenvalue weighted by Gasteiger charge is -2.05. The fraction of sp³-hybridized carbons (Fsp3) is 0.167. The molecule has 128 valence electrons. The van der Waals surface area contributed by atoms with E-state index < -0.39 is 0 Å². The topological polar surface area (TPSA) is 59.8 Å². The SMILES string of the molecule is O=C(CSc1ccc(F)cc1)NCCn1ccc(-c2ccccn2)n1. The maximum atomic E-state index is 12.8. The Balaban J connectivity index is 1.41. The average molecular weight is 356 g/mol. The van der Waals surface area contributed by atoms with Crippen molar-refractivity contribution in [1.82, 2.24) is 20.1 Å². The Morgan fingerprint density at radius 2 is 1.96 bits per heavy atom. The zero-order valence-electron chi connectivity index (χ0n) is 13.4. The lowest BCUT2D eigenvalue weighted by molar-refractivity contribution is -0.118. The number of aromatic nitrogens is 3. The third kappa shape index (κ3) is 5.15. The number of benzene rings is 1. The minimum absolute atomic E-state index is 0.0635. The Morgan fingerprint density at radius 3 is 2.72 bits per heavy atom. The molecule has 1 N–H and O–H groups in total. The summed E-state index contributed by atoms with van der Waals surface area (Å²) in [7, 11) is 0. The van der Waals surface area contributed by atoms with E-state index in [1.165, 1.54) is 23.9 Å². The molecule has 0 saturated carbocycles. The lowest BCUT2D eigenvalue weighted by Crippen LogP contribution is -2.28. The Hall–Kier alpha value is -2.67. The van der Waals surface area contributed by atoms with Gasteiger partial charge in [-0.1, -0.05) is 6.07 Å². The Morgan fingerprint density at radius 1 is 1.12 bits per heavy atom. The highest BCUT2D eigenvalue weighted by Gasteiger charge is 2.05. The molecule has 0 bridgehead atoms. The molecule has 2 aromatic heterocycles. The molecule has 0 fully saturated rings. The summed E-state index contributed by atoms with van der Waals surface area (Å²) in [5, 5.41) is 7.29. The first-order valence-corrected chi connectivity index (χ1v) is 8.79. The van der Waals surface area contributed by atoms with Crippen molar-refractivity contribution in [3.05, 3.63) is 66.7 Å². The molecule has 3 aromatic rings. The van der Waals surface area contributed by atoms with Gasteiger partial charge in [0.1, 0.15) is 11.5 Å². The summed E-state index contributed by atoms with van der Waals surface area (Å²) >= 11 is 1.38. The van der Waals surface area contributed by atoms with Gasteiger partial charge in [0, 0.05) is 23.8 Å². The number of thioether (sulfide) groups is 1. The smallest absolute Gasteiger partial charge is 0.230 e. The first-order valence-electron chi connectivity index (χ1n) is 7.80. The van der Waals surface area contributed by atoms with Gasteiger partial charge in [0.15, 0.2) is 0 Å². The number of nitrogens with one attached hydrogen (secondary N) is 1. The van der Waals surface area contributed by atoms with Crippen LogP contribution < -0.4 is 5.32 Å². The first-order chi connectivity index (χ1) is 12.2. The third-order valence-electron chi connectivity index (χ3n) is 3.41. The molecule has 0 radical (unpaired) electrons. The van der Waals surface area contributed by atoms with E-state index in [0.29, 0.717) is 18.8 Å². The summed E-state index contributed by atoms with van der Waals surface area (Å²) in [5.74, 6) is -0.0475. The summed E-state index contributed by atoms with van der Waals surface area (Å²) < 4.78 is 14.6. The Bertz CT molecular complexity index is 821. The molecule has 1 amide bonds. The van der Waals surface area contributed by atoms with Crippen LogP contribution in [0, 0.1) is 5.82 Å². The molecule has 0 aliphatic carbocycles. The first kappa shape index (κ1) is 17.2. The molecule has 0 spiro atoms. The molecule has 0 aliphatic rings. The largest absolute Gasteiger partial charge is 0.354 e. The molecule has 2 heterocycles. The number of nitrogens with zero attached hydrogens (tertiary/aromatic N) is 3. The van der Waals surface area contributed by atoms with Crippen LogP contribution in [0.25, 0.3) is 11.4 Å². The molecule has 7 heteroatoms. The number of amides is 1. The van der Waals surface area contributed by atoms with E-state index in [4.69, 9.17) is 0 Å². The van der Waals surface area contributed by atoms with Crippen LogP contribution in [-0.2, 0) is 11.3 Å². The van der Waals surface area contributed by atoms with Gasteiger partial charge in [-0.3, -0.25) is 14.5 Å². The number of carbonyl (C=O) groups is 1. The van der Waals surface area contributed by atoms with Crippen molar-refractivity contribution in [3.8, 4) is 11.4 Å². The minimum atomic E-state index is -0.280. The van der Waals surface area contributed by atoms with Crippen LogP contribution in [0.5, 0.6) is 0 Å². The fourth-order valence-electron chi connectivity index (χ4n) is 2.18. The molecule has 3 rings (SSSR count). The van der Waals surface area contributed by atoms with Gasteiger partial charge in [0.05, 0.1) is 18.0 Å². The van der Waals surface area contributed by atoms with Gasteiger partial charge in [-0.25, -0.2) is 4.39 Å². The van der Waals surface area contributed by atoms with Gasteiger partial charge in [0.25, 0.3) is 0 Å². The number of rotatable bonds is 7. The second-order valence-corrected chi connectivity index (χ2v) is 6.32. The van der Waals surface area contributed by atoms with Crippen LogP contribution in [0.15, 0.2) is 65.8 Å². The van der Waals surface area contributed by atoms with Gasteiger partial charge in [0.2, 0.25) is 5.91 Å². The predicted octanol–water partition coefficient (Wildman–Crippen LogP) is 2.99. The van der Waals surface area contributed by atoms with Crippen LogP contribution in [-0.4, -0.2) is 33.0 Å². The van der Waals surface area contributed by atoms with Crippen LogP contribution in [0.3, 0.4) is 0 Å². The third-order valence-corrected chi connectivity index (χ3v) is 4.43. The van der Waals surface area contributed by atoms with E-state index in [-0.39, 0.29) is 11.7 Å². The maximum Gasteiger partial charge on any atom is 0.230 e. The summed E-state index contributed by atoms with van der Waals surface area (Å²) in [6.45, 7) is 1.08. The summed E-state index contributed by atoms with van der Waals surface area (Å²) in [5.41, 5.74) is 1.62. The highest BCUT2D eigenvalue weighted by molar-refractivity contribution is 8.00. The molecule has 0 unspecified atom stereocenters. The van der Waals surface area contributed by atoms with Gasteiger partial charge >= 0.3 is 0 Å². The van der Waals surface area contributed by atoms with Crippen molar-refractivity contribution in [1.29, 1.82) is 0 Å². The van der Waals surface area contributed by atoms with Crippen molar-refractivity contribution in [2.75, 3.05) is 12.3 Å². The van der Waals surface area contributed by atoms with Crippen LogP contribution in [0.4, 0.5) is 4.39 Å². The maximum absolute atomic E-state index is 12.8. The van der Waals surface area contributed by atoms with E-state index in [1.54, 1.807) is 23.0 Å². The van der Waals surface area contributed by atoms with Gasteiger partial charge in [-0.05, 0) is 42.5 Å². The van der Waals surface area contributed by atoms with Crippen LogP contribution in [0.2, 0.25) is 0 Å². The second kappa shape index (κ2) is 8.43. The zero-order valence-corrected chi connectivity index (χ0v) is 14.2. The van der Waals surface area contributed by atoms with Crippen molar-refractivity contribution in [2.45, 2.75) is 11.4 Å². The standard InChI is InChI=1S/C18H17FN4OS/c19-14-4-6-15(7-5-14)25-13-18(24)21-10-12-23-11-8-17(22-23)16-3-1-2-9-20-16/h1-9,11H,10,12-13H2,(H,21,24). The van der Waals surface area contributed by atoms with E-state index in [0.717, 1.165) is 16.3 Å². The fourth-order valence-corrected chi connectivity index (χ4v) is 2.91. The van der Waals surface area contributed by atoms with Crippen molar-refractivity contribution in [3.63, 3.8) is 0 Å². The minimum Gasteiger partial charge on any atom is -0.354 e. The molecule has 0 saturated heterocycles. The number of carbonyl (C=O) groups excluding carboxylic acids is 1. The predicted molar refractivity (Wildman–Crippen MR) is 95.6 cm³/mol. The van der Waals surface area contributed by atoms with E-state index in [1.807, 2.05) is 30.5 Å². The zero-order chi connectivity index (χ0) is 17.5. The second-order valence-electron chi connectivity index (χ2n) is 5.27. The molecule has 5 nitrogen and oxygen atoms in total. The Labute approximate surface area is 149 Å². The summed E-state index contributed by atoms with van der Waals surface area (Å²) in [4.78, 5) is 17.0. The quantitative estimate of drug-likeness (QED) is 0.661. The van der Waals surface area contributed by atoms with E-state index >= 15 is 0 Å². The number of hydrogen-bond donors (Lipinski definition) is 1. The highest BCUT2D eigenvalue weighted by Crippen LogP contribution is 2.17. The summed E-state index contributed by atoms with van der Waals surface area (Å²) in [6, 6.07) is 13.7. The number of halogens is 1. The normalized spacial score (nSPS) is 10.6. The monoisotopic (exact) mass is 356 g/mol.